The van der Waals surface area contributed by atoms with E-state index >= 15 is 0 Å². The van der Waals surface area contributed by atoms with Crippen molar-refractivity contribution in [2.45, 2.75) is 57.5 Å². The molecule has 0 aliphatic heterocycles. The third kappa shape index (κ3) is 12.9. The molecule has 0 aliphatic carbocycles. The minimum absolute atomic E-state index is 0.137. The fourth-order valence-corrected chi connectivity index (χ4v) is 3.40. The molecule has 0 rings (SSSR count). The lowest BCUT2D eigenvalue weighted by Crippen LogP contribution is -2.09. The van der Waals surface area contributed by atoms with Crippen molar-refractivity contribution in [2.24, 2.45) is 0 Å². The summed E-state index contributed by atoms with van der Waals surface area (Å²) >= 11 is 3.74. The molecule has 0 radical (unpaired) electrons. The highest BCUT2D eigenvalue weighted by Gasteiger charge is 2.16. The lowest BCUT2D eigenvalue weighted by molar-refractivity contribution is -0.118. The van der Waals surface area contributed by atoms with E-state index in [-0.39, 0.29) is 15.6 Å². The van der Waals surface area contributed by atoms with Crippen molar-refractivity contribution in [1.29, 1.82) is 0 Å². The summed E-state index contributed by atoms with van der Waals surface area (Å²) in [5.41, 5.74) is 0. The molecule has 0 unspecified atom stereocenters. The second-order valence-corrected chi connectivity index (χ2v) is 8.70. The summed E-state index contributed by atoms with van der Waals surface area (Å²) in [5.74, 6) is 2.43. The number of hydrogen-bond acceptors (Lipinski definition) is 4. The fourth-order valence-electron chi connectivity index (χ4n) is 1.39. The average Bonchev–Trinajstić information content (AvgIpc) is 2.45. The van der Waals surface area contributed by atoms with Gasteiger partial charge in [0.05, 0.1) is 4.08 Å². The van der Waals surface area contributed by atoms with Crippen LogP contribution in [-0.2, 0) is 9.59 Å². The summed E-state index contributed by atoms with van der Waals surface area (Å²) in [5, 5.41) is 0. The van der Waals surface area contributed by atoms with E-state index in [1.807, 2.05) is 49.5 Å². The zero-order valence-corrected chi connectivity index (χ0v) is 15.3. The van der Waals surface area contributed by atoms with Crippen molar-refractivity contribution in [3.63, 3.8) is 0 Å². The highest BCUT2D eigenvalue weighted by atomic mass is 32.2. The number of thioether (sulfide) groups is 2. The molecule has 4 heteroatoms. The number of carbonyl (C=O) groups is 2. The van der Waals surface area contributed by atoms with Crippen molar-refractivity contribution in [3.8, 4) is 0 Å². The van der Waals surface area contributed by atoms with Crippen LogP contribution >= 0.6 is 23.5 Å². The predicted octanol–water partition coefficient (Wildman–Crippen LogP) is 5.04. The first-order valence-electron chi connectivity index (χ1n) is 7.52. The molecular weight excluding hydrogens is 300 g/mol. The zero-order chi connectivity index (χ0) is 16.1. The van der Waals surface area contributed by atoms with Crippen molar-refractivity contribution in [3.05, 3.63) is 24.3 Å². The highest BCUT2D eigenvalue weighted by Crippen LogP contribution is 2.36. The molecule has 120 valence electrons. The third-order valence-corrected chi connectivity index (χ3v) is 5.68. The first-order valence-corrected chi connectivity index (χ1v) is 9.49. The highest BCUT2D eigenvalue weighted by molar-refractivity contribution is 8.18. The lowest BCUT2D eigenvalue weighted by atomic mass is 10.2. The van der Waals surface area contributed by atoms with Crippen LogP contribution in [0.5, 0.6) is 0 Å². The first-order chi connectivity index (χ1) is 9.91. The maximum Gasteiger partial charge on any atom is 0.136 e. The van der Waals surface area contributed by atoms with Gasteiger partial charge in [-0.3, -0.25) is 9.59 Å². The van der Waals surface area contributed by atoms with Crippen LogP contribution in [0.25, 0.3) is 0 Å². The predicted molar refractivity (Wildman–Crippen MR) is 97.1 cm³/mol. The molecule has 0 atom stereocenters. The second kappa shape index (κ2) is 12.1. The standard InChI is InChI=1S/C17H28O2S2/c1-5-15(18)11-7-9-13-20-17(3,4)21-14-10-8-12-16(19)6-2/h7-10H,5-6,11-14H2,1-4H3. The van der Waals surface area contributed by atoms with E-state index in [4.69, 9.17) is 0 Å². The number of allylic oxidation sites excluding steroid dienone is 2. The van der Waals surface area contributed by atoms with Crippen molar-refractivity contribution in [2.75, 3.05) is 11.5 Å². The maximum absolute atomic E-state index is 11.2. The van der Waals surface area contributed by atoms with Gasteiger partial charge in [0.2, 0.25) is 0 Å². The molecule has 21 heavy (non-hydrogen) atoms. The summed E-state index contributed by atoms with van der Waals surface area (Å²) in [4.78, 5) is 22.3. The number of rotatable bonds is 12. The Morgan fingerprint density at radius 1 is 0.810 bits per heavy atom. The summed E-state index contributed by atoms with van der Waals surface area (Å²) in [6.07, 6.45) is 10.4. The Morgan fingerprint density at radius 2 is 1.19 bits per heavy atom. The Labute approximate surface area is 138 Å². The van der Waals surface area contributed by atoms with Crippen LogP contribution in [0.1, 0.15) is 53.4 Å². The monoisotopic (exact) mass is 328 g/mol. The van der Waals surface area contributed by atoms with Crippen LogP contribution in [0.2, 0.25) is 0 Å². The Balaban J connectivity index is 3.83. The molecule has 0 spiro atoms. The van der Waals surface area contributed by atoms with Crippen molar-refractivity contribution in [1.82, 2.24) is 0 Å². The molecule has 0 fully saturated rings. The van der Waals surface area contributed by atoms with E-state index < -0.39 is 0 Å². The quantitative estimate of drug-likeness (QED) is 0.371. The van der Waals surface area contributed by atoms with Crippen molar-refractivity contribution >= 4 is 35.1 Å². The number of carbonyl (C=O) groups excluding carboxylic acids is 2. The Bertz CT molecular complexity index is 337. The van der Waals surface area contributed by atoms with Gasteiger partial charge in [0.25, 0.3) is 0 Å². The third-order valence-electron chi connectivity index (χ3n) is 2.87. The SMILES string of the molecule is CCC(=O)CC=CCSC(C)(C)SCC=CCC(=O)CC. The van der Waals surface area contributed by atoms with E-state index in [9.17, 15) is 9.59 Å². The fraction of sp³-hybridized carbons (Fsp3) is 0.647. The van der Waals surface area contributed by atoms with Crippen LogP contribution in [0, 0.1) is 0 Å². The molecule has 0 aliphatic rings. The molecule has 0 saturated heterocycles. The van der Waals surface area contributed by atoms with Crippen LogP contribution in [-0.4, -0.2) is 27.2 Å². The van der Waals surface area contributed by atoms with Gasteiger partial charge in [-0.1, -0.05) is 38.2 Å². The minimum Gasteiger partial charge on any atom is -0.299 e. The van der Waals surface area contributed by atoms with Gasteiger partial charge < -0.3 is 0 Å². The van der Waals surface area contributed by atoms with Crippen LogP contribution in [0.15, 0.2) is 24.3 Å². The molecule has 0 aromatic carbocycles. The first kappa shape index (κ1) is 20.5. The molecule has 0 aromatic rings. The zero-order valence-electron chi connectivity index (χ0n) is 13.7. The van der Waals surface area contributed by atoms with Gasteiger partial charge in [-0.15, -0.1) is 23.5 Å². The molecule has 0 N–H and O–H groups in total. The normalized spacial score (nSPS) is 12.4. The van der Waals surface area contributed by atoms with Gasteiger partial charge in [0.15, 0.2) is 0 Å². The van der Waals surface area contributed by atoms with Gasteiger partial charge in [0, 0.05) is 37.2 Å². The topological polar surface area (TPSA) is 34.1 Å². The number of hydrogen-bond donors (Lipinski definition) is 0. The average molecular weight is 329 g/mol. The van der Waals surface area contributed by atoms with Gasteiger partial charge in [-0.25, -0.2) is 0 Å². The molecule has 0 aromatic heterocycles. The lowest BCUT2D eigenvalue weighted by Gasteiger charge is -2.21. The summed E-state index contributed by atoms with van der Waals surface area (Å²) in [7, 11) is 0. The number of Topliss-reactive ketones (excluding diaryl/α,β-unsaturated/α-hetero) is 2. The molecule has 0 saturated carbocycles. The van der Waals surface area contributed by atoms with Crippen molar-refractivity contribution < 1.29 is 9.59 Å². The molecule has 0 amide bonds. The van der Waals surface area contributed by atoms with Crippen LogP contribution < -0.4 is 0 Å². The van der Waals surface area contributed by atoms with E-state index in [0.29, 0.717) is 25.7 Å². The van der Waals surface area contributed by atoms with Crippen LogP contribution in [0.4, 0.5) is 0 Å². The van der Waals surface area contributed by atoms with Gasteiger partial charge in [-0.05, 0) is 13.8 Å². The van der Waals surface area contributed by atoms with E-state index in [0.717, 1.165) is 11.5 Å². The maximum atomic E-state index is 11.2. The molecular formula is C17H28O2S2. The summed E-state index contributed by atoms with van der Waals surface area (Å²) < 4.78 is 0.137. The summed E-state index contributed by atoms with van der Waals surface area (Å²) in [6.45, 7) is 8.20. The smallest absolute Gasteiger partial charge is 0.136 e. The Hall–Kier alpha value is -0.480. The van der Waals surface area contributed by atoms with E-state index in [1.54, 1.807) is 0 Å². The van der Waals surface area contributed by atoms with Gasteiger partial charge in [-0.2, -0.15) is 0 Å². The molecule has 2 nitrogen and oxygen atoms in total. The molecule has 0 heterocycles. The van der Waals surface area contributed by atoms with E-state index in [1.165, 1.54) is 0 Å². The van der Waals surface area contributed by atoms with E-state index in [2.05, 4.69) is 26.0 Å². The largest absolute Gasteiger partial charge is 0.299 e. The molecule has 0 bridgehead atoms. The van der Waals surface area contributed by atoms with Gasteiger partial charge >= 0.3 is 0 Å². The van der Waals surface area contributed by atoms with Crippen LogP contribution in [0.3, 0.4) is 0 Å². The summed E-state index contributed by atoms with van der Waals surface area (Å²) in [6, 6.07) is 0. The Kier molecular flexibility index (Phi) is 11.8. The van der Waals surface area contributed by atoms with Gasteiger partial charge in [0.1, 0.15) is 11.6 Å². The Morgan fingerprint density at radius 3 is 1.52 bits per heavy atom. The second-order valence-electron chi connectivity index (χ2n) is 5.16. The number of ketones is 2. The minimum atomic E-state index is 0.137.